The van der Waals surface area contributed by atoms with Crippen molar-refractivity contribution in [1.29, 1.82) is 0 Å². The molecule has 2 unspecified atom stereocenters. The molecule has 1 aliphatic carbocycles. The van der Waals surface area contributed by atoms with Gasteiger partial charge in [-0.2, -0.15) is 0 Å². The lowest BCUT2D eigenvalue weighted by Crippen LogP contribution is -2.36. The Hall–Kier alpha value is -1.14. The Balaban J connectivity index is 2.22. The molecule has 18 heavy (non-hydrogen) atoms. The number of hydrogen-bond acceptors (Lipinski definition) is 3. The standard InChI is InChI=1S/C12H17FN2O2S/c1-8-3-2-4-12(8)15-18(16,17)9-5-6-10(13)11(14)7-9/h5-8,12,15H,2-4,14H2,1H3. The van der Waals surface area contributed by atoms with Crippen molar-refractivity contribution in [2.24, 2.45) is 5.92 Å². The summed E-state index contributed by atoms with van der Waals surface area (Å²) in [6.07, 6.45) is 2.90. The van der Waals surface area contributed by atoms with E-state index in [0.29, 0.717) is 5.92 Å². The molecule has 1 aromatic carbocycles. The largest absolute Gasteiger partial charge is 0.396 e. The smallest absolute Gasteiger partial charge is 0.240 e. The fraction of sp³-hybridized carbons (Fsp3) is 0.500. The van der Waals surface area contributed by atoms with E-state index in [2.05, 4.69) is 4.72 Å². The van der Waals surface area contributed by atoms with Crippen LogP contribution in [0.25, 0.3) is 0 Å². The van der Waals surface area contributed by atoms with Gasteiger partial charge in [0.1, 0.15) is 5.82 Å². The van der Waals surface area contributed by atoms with Crippen molar-refractivity contribution < 1.29 is 12.8 Å². The Bertz CT molecular complexity index is 545. The first-order chi connectivity index (χ1) is 8.40. The second kappa shape index (κ2) is 4.85. The summed E-state index contributed by atoms with van der Waals surface area (Å²) in [6.45, 7) is 2.03. The number of anilines is 1. The van der Waals surface area contributed by atoms with Gasteiger partial charge in [0.05, 0.1) is 10.6 Å². The second-order valence-corrected chi connectivity index (χ2v) is 6.53. The fourth-order valence-electron chi connectivity index (χ4n) is 2.28. The number of rotatable bonds is 3. The Kier molecular flexibility index (Phi) is 3.59. The summed E-state index contributed by atoms with van der Waals surface area (Å²) < 4.78 is 39.9. The van der Waals surface area contributed by atoms with Gasteiger partial charge in [-0.3, -0.25) is 0 Å². The molecule has 100 valence electrons. The summed E-state index contributed by atoms with van der Waals surface area (Å²) in [5.74, 6) is -0.277. The van der Waals surface area contributed by atoms with Crippen molar-refractivity contribution in [1.82, 2.24) is 4.72 Å². The molecule has 1 fully saturated rings. The Morgan fingerprint density at radius 2 is 2.11 bits per heavy atom. The van der Waals surface area contributed by atoms with E-state index in [1.54, 1.807) is 0 Å². The van der Waals surface area contributed by atoms with Gasteiger partial charge >= 0.3 is 0 Å². The van der Waals surface area contributed by atoms with Gasteiger partial charge in [0.2, 0.25) is 10.0 Å². The number of nitrogens with two attached hydrogens (primary N) is 1. The van der Waals surface area contributed by atoms with Crippen LogP contribution in [-0.2, 0) is 10.0 Å². The molecule has 1 aromatic rings. The highest BCUT2D eigenvalue weighted by Crippen LogP contribution is 2.26. The lowest BCUT2D eigenvalue weighted by Gasteiger charge is -2.17. The molecule has 0 aliphatic heterocycles. The molecule has 0 heterocycles. The number of halogens is 1. The Morgan fingerprint density at radius 3 is 2.67 bits per heavy atom. The van der Waals surface area contributed by atoms with Crippen LogP contribution in [0.5, 0.6) is 0 Å². The van der Waals surface area contributed by atoms with Gasteiger partial charge in [-0.1, -0.05) is 13.3 Å². The van der Waals surface area contributed by atoms with Crippen molar-refractivity contribution in [3.8, 4) is 0 Å². The Labute approximate surface area is 106 Å². The van der Waals surface area contributed by atoms with E-state index in [9.17, 15) is 12.8 Å². The fourth-order valence-corrected chi connectivity index (χ4v) is 3.69. The maximum absolute atomic E-state index is 13.0. The minimum absolute atomic E-state index is 0.0144. The van der Waals surface area contributed by atoms with Crippen LogP contribution in [0.1, 0.15) is 26.2 Å². The summed E-state index contributed by atoms with van der Waals surface area (Å²) in [6, 6.07) is 3.41. The highest BCUT2D eigenvalue weighted by Gasteiger charge is 2.28. The summed E-state index contributed by atoms with van der Waals surface area (Å²) in [5.41, 5.74) is 5.23. The first kappa shape index (κ1) is 13.3. The quantitative estimate of drug-likeness (QED) is 0.825. The molecule has 0 amide bonds. The van der Waals surface area contributed by atoms with Crippen LogP contribution in [-0.4, -0.2) is 14.5 Å². The molecule has 6 heteroatoms. The van der Waals surface area contributed by atoms with Crippen LogP contribution >= 0.6 is 0 Å². The molecule has 0 bridgehead atoms. The first-order valence-electron chi connectivity index (χ1n) is 5.97. The number of benzene rings is 1. The third-order valence-corrected chi connectivity index (χ3v) is 4.93. The molecular formula is C12H17FN2O2S. The molecule has 0 spiro atoms. The minimum Gasteiger partial charge on any atom is -0.396 e. The number of nitrogens with one attached hydrogen (secondary N) is 1. The predicted octanol–water partition coefficient (Wildman–Crippen LogP) is 1.87. The van der Waals surface area contributed by atoms with Crippen LogP contribution < -0.4 is 10.5 Å². The van der Waals surface area contributed by atoms with E-state index < -0.39 is 15.8 Å². The van der Waals surface area contributed by atoms with E-state index in [-0.39, 0.29) is 16.6 Å². The zero-order valence-electron chi connectivity index (χ0n) is 10.2. The number of hydrogen-bond donors (Lipinski definition) is 2. The van der Waals surface area contributed by atoms with Gasteiger partial charge in [0.15, 0.2) is 0 Å². The average molecular weight is 272 g/mol. The average Bonchev–Trinajstić information content (AvgIpc) is 2.67. The van der Waals surface area contributed by atoms with Crippen molar-refractivity contribution >= 4 is 15.7 Å². The molecule has 1 aliphatic rings. The second-order valence-electron chi connectivity index (χ2n) is 4.82. The van der Waals surface area contributed by atoms with Gasteiger partial charge in [-0.15, -0.1) is 0 Å². The predicted molar refractivity (Wildman–Crippen MR) is 67.9 cm³/mol. The summed E-state index contributed by atoms with van der Waals surface area (Å²) in [5, 5.41) is 0. The number of sulfonamides is 1. The highest BCUT2D eigenvalue weighted by atomic mass is 32.2. The minimum atomic E-state index is -3.61. The zero-order chi connectivity index (χ0) is 13.3. The van der Waals surface area contributed by atoms with E-state index in [0.717, 1.165) is 31.4 Å². The highest BCUT2D eigenvalue weighted by molar-refractivity contribution is 7.89. The normalized spacial score (nSPS) is 24.3. The molecule has 3 N–H and O–H groups in total. The summed E-state index contributed by atoms with van der Waals surface area (Å²) in [4.78, 5) is 0.0144. The van der Waals surface area contributed by atoms with Crippen molar-refractivity contribution in [3.63, 3.8) is 0 Å². The van der Waals surface area contributed by atoms with E-state index in [4.69, 9.17) is 5.73 Å². The molecule has 4 nitrogen and oxygen atoms in total. The molecule has 0 radical (unpaired) electrons. The monoisotopic (exact) mass is 272 g/mol. The van der Waals surface area contributed by atoms with Gasteiger partial charge in [0.25, 0.3) is 0 Å². The van der Waals surface area contributed by atoms with Crippen molar-refractivity contribution in [3.05, 3.63) is 24.0 Å². The van der Waals surface area contributed by atoms with E-state index in [1.165, 1.54) is 6.07 Å². The van der Waals surface area contributed by atoms with Crippen LogP contribution in [0.2, 0.25) is 0 Å². The van der Waals surface area contributed by atoms with Crippen LogP contribution in [0.15, 0.2) is 23.1 Å². The van der Waals surface area contributed by atoms with Gasteiger partial charge in [-0.25, -0.2) is 17.5 Å². The Morgan fingerprint density at radius 1 is 1.39 bits per heavy atom. The summed E-state index contributed by atoms with van der Waals surface area (Å²) >= 11 is 0. The maximum Gasteiger partial charge on any atom is 0.240 e. The third-order valence-electron chi connectivity index (χ3n) is 3.45. The first-order valence-corrected chi connectivity index (χ1v) is 7.46. The lowest BCUT2D eigenvalue weighted by molar-refractivity contribution is 0.476. The molecule has 2 atom stereocenters. The topological polar surface area (TPSA) is 72.2 Å². The van der Waals surface area contributed by atoms with Gasteiger partial charge in [-0.05, 0) is 37.0 Å². The van der Waals surface area contributed by atoms with Crippen LogP contribution in [0, 0.1) is 11.7 Å². The zero-order valence-corrected chi connectivity index (χ0v) is 11.0. The van der Waals surface area contributed by atoms with Crippen molar-refractivity contribution in [2.75, 3.05) is 5.73 Å². The molecular weight excluding hydrogens is 255 g/mol. The third kappa shape index (κ3) is 2.64. The van der Waals surface area contributed by atoms with Crippen LogP contribution in [0.4, 0.5) is 10.1 Å². The van der Waals surface area contributed by atoms with Gasteiger partial charge in [0, 0.05) is 6.04 Å². The molecule has 2 rings (SSSR count). The number of nitrogen functional groups attached to an aromatic ring is 1. The molecule has 0 aromatic heterocycles. The van der Waals surface area contributed by atoms with E-state index >= 15 is 0 Å². The van der Waals surface area contributed by atoms with Gasteiger partial charge < -0.3 is 5.73 Å². The van der Waals surface area contributed by atoms with Crippen LogP contribution in [0.3, 0.4) is 0 Å². The van der Waals surface area contributed by atoms with Crippen molar-refractivity contribution in [2.45, 2.75) is 37.1 Å². The molecule has 1 saturated carbocycles. The lowest BCUT2D eigenvalue weighted by atomic mass is 10.1. The van der Waals surface area contributed by atoms with E-state index in [1.807, 2.05) is 6.92 Å². The maximum atomic E-state index is 13.0. The SMILES string of the molecule is CC1CCCC1NS(=O)(=O)c1ccc(F)c(N)c1. The summed E-state index contributed by atoms with van der Waals surface area (Å²) in [7, 11) is -3.61. The molecule has 0 saturated heterocycles.